The number of hydrogen-bond acceptors (Lipinski definition) is 6. The summed E-state index contributed by atoms with van der Waals surface area (Å²) in [6.07, 6.45) is 0. The van der Waals surface area contributed by atoms with Crippen molar-refractivity contribution in [2.24, 2.45) is 0 Å². The Morgan fingerprint density at radius 2 is 1.27 bits per heavy atom. The van der Waals surface area contributed by atoms with Crippen LogP contribution in [0.3, 0.4) is 0 Å². The Balaban J connectivity index is 4.76. The molecule has 0 aliphatic carbocycles. The number of hydrogen-bond donors (Lipinski definition) is 0. The minimum Gasteiger partial charge on any atom is -0.457 e. The summed E-state index contributed by atoms with van der Waals surface area (Å²) >= 11 is 0. The zero-order valence-electron chi connectivity index (χ0n) is 5.86. The molecule has 0 bridgehead atoms. The van der Waals surface area contributed by atoms with Crippen LogP contribution in [0.5, 0.6) is 0 Å². The van der Waals surface area contributed by atoms with Crippen LogP contribution in [0.1, 0.15) is 0 Å². The lowest BCUT2D eigenvalue weighted by atomic mass is 11.4. The molecule has 0 radical (unpaired) electrons. The summed E-state index contributed by atoms with van der Waals surface area (Å²) in [5, 5.41) is -3.24. The van der Waals surface area contributed by atoms with E-state index in [0.29, 0.717) is 0 Å². The summed E-state index contributed by atoms with van der Waals surface area (Å²) in [7, 11) is -2.86. The first-order chi connectivity index (χ1) is 4.96. The maximum Gasteiger partial charge on any atom is 0.436 e. The molecule has 0 atom stereocenters. The summed E-state index contributed by atoms with van der Waals surface area (Å²) in [6.45, 7) is 0. The smallest absolute Gasteiger partial charge is 0.436 e. The van der Waals surface area contributed by atoms with E-state index in [-0.39, 0.29) is 0 Å². The fourth-order valence-corrected chi connectivity index (χ4v) is 0.862. The molecule has 0 rings (SSSR count). The van der Waals surface area contributed by atoms with Crippen LogP contribution in [-0.2, 0) is 19.3 Å². The van der Waals surface area contributed by atoms with E-state index in [9.17, 15) is 18.0 Å². The monoisotopic (exact) mass is 182 g/mol. The number of carbonyl (C=O) groups is 2. The first kappa shape index (κ1) is 9.89. The van der Waals surface area contributed by atoms with Gasteiger partial charge in [0, 0.05) is 0 Å². The van der Waals surface area contributed by atoms with E-state index in [1.54, 1.807) is 0 Å². The fourth-order valence-electron chi connectivity index (χ4n) is 0.287. The lowest BCUT2D eigenvalue weighted by Crippen LogP contribution is -2.23. The van der Waals surface area contributed by atoms with Gasteiger partial charge in [-0.3, -0.25) is 0 Å². The average Bonchev–Trinajstić information content (AvgIpc) is 2.01. The van der Waals surface area contributed by atoms with E-state index >= 15 is 0 Å². The van der Waals surface area contributed by atoms with E-state index in [0.717, 1.165) is 14.2 Å². The highest BCUT2D eigenvalue weighted by Crippen LogP contribution is 1.98. The molecule has 0 aliphatic heterocycles. The van der Waals surface area contributed by atoms with Gasteiger partial charge in [0.1, 0.15) is 0 Å². The summed E-state index contributed by atoms with van der Waals surface area (Å²) in [5.41, 5.74) is 0. The molecule has 0 N–H and O–H groups in total. The van der Waals surface area contributed by atoms with E-state index in [1.807, 2.05) is 0 Å². The highest BCUT2D eigenvalue weighted by Gasteiger charge is 2.33. The summed E-state index contributed by atoms with van der Waals surface area (Å²) in [6, 6.07) is 0. The maximum absolute atomic E-state index is 10.5. The number of ether oxygens (including phenoxy) is 2. The van der Waals surface area contributed by atoms with Crippen molar-refractivity contribution in [2.45, 2.75) is 0 Å². The molecule has 7 heteroatoms. The van der Waals surface area contributed by atoms with Crippen LogP contribution in [-0.4, -0.2) is 33.2 Å². The molecule has 0 aromatic carbocycles. The molecule has 64 valence electrons. The first-order valence-electron chi connectivity index (χ1n) is 2.37. The van der Waals surface area contributed by atoms with E-state index in [1.165, 1.54) is 0 Å². The van der Waals surface area contributed by atoms with Gasteiger partial charge in [0.05, 0.1) is 14.2 Å². The van der Waals surface area contributed by atoms with Gasteiger partial charge in [-0.25, -0.2) is 18.0 Å². The number of sulfone groups is 1. The van der Waals surface area contributed by atoms with Gasteiger partial charge in [0.15, 0.2) is 0 Å². The highest BCUT2D eigenvalue weighted by molar-refractivity contribution is 8.18. The third-order valence-electron chi connectivity index (χ3n) is 0.772. The Labute approximate surface area is 63.0 Å². The molecule has 11 heavy (non-hydrogen) atoms. The first-order valence-corrected chi connectivity index (χ1v) is 3.86. The molecule has 0 fully saturated rings. The molecule has 0 saturated heterocycles. The molecule has 6 nitrogen and oxygen atoms in total. The van der Waals surface area contributed by atoms with Crippen LogP contribution in [0.15, 0.2) is 0 Å². The largest absolute Gasteiger partial charge is 0.457 e. The van der Waals surface area contributed by atoms with Crippen LogP contribution >= 0.6 is 0 Å². The topological polar surface area (TPSA) is 86.7 Å². The highest BCUT2D eigenvalue weighted by atomic mass is 32.2. The Morgan fingerprint density at radius 3 is 1.45 bits per heavy atom. The summed E-state index contributed by atoms with van der Waals surface area (Å²) in [5.74, 6) is 0. The molecule has 0 saturated carbocycles. The quantitative estimate of drug-likeness (QED) is 0.487. The second-order valence-corrected chi connectivity index (χ2v) is 3.09. The molecular formula is C4H6O6S. The van der Waals surface area contributed by atoms with Crippen LogP contribution < -0.4 is 0 Å². The molecule has 0 unspecified atom stereocenters. The summed E-state index contributed by atoms with van der Waals surface area (Å²) < 4.78 is 28.7. The van der Waals surface area contributed by atoms with Crippen molar-refractivity contribution in [3.05, 3.63) is 0 Å². The molecule has 0 aromatic heterocycles. The second kappa shape index (κ2) is 3.33. The van der Waals surface area contributed by atoms with Crippen molar-refractivity contribution < 1.29 is 27.5 Å². The Kier molecular flexibility index (Phi) is 2.99. The molecule has 0 spiro atoms. The molecule has 0 amide bonds. The van der Waals surface area contributed by atoms with Gasteiger partial charge in [-0.2, -0.15) is 0 Å². The van der Waals surface area contributed by atoms with Crippen molar-refractivity contribution in [1.82, 2.24) is 0 Å². The van der Waals surface area contributed by atoms with Crippen molar-refractivity contribution in [2.75, 3.05) is 14.2 Å². The molecular weight excluding hydrogens is 176 g/mol. The van der Waals surface area contributed by atoms with Crippen molar-refractivity contribution in [3.8, 4) is 0 Å². The van der Waals surface area contributed by atoms with Gasteiger partial charge < -0.3 is 9.47 Å². The van der Waals surface area contributed by atoms with Gasteiger partial charge >= 0.3 is 20.4 Å². The van der Waals surface area contributed by atoms with E-state index < -0.39 is 20.4 Å². The Hall–Kier alpha value is -1.11. The van der Waals surface area contributed by atoms with Gasteiger partial charge in [-0.1, -0.05) is 0 Å². The van der Waals surface area contributed by atoms with Gasteiger partial charge in [-0.15, -0.1) is 0 Å². The number of carbonyl (C=O) groups excluding carboxylic acids is 2. The van der Waals surface area contributed by atoms with E-state index in [2.05, 4.69) is 9.47 Å². The normalized spacial score (nSPS) is 10.4. The van der Waals surface area contributed by atoms with Crippen LogP contribution in [0.4, 0.5) is 9.59 Å². The summed E-state index contributed by atoms with van der Waals surface area (Å²) in [4.78, 5) is 20.6. The molecule has 0 aliphatic rings. The fraction of sp³-hybridized carbons (Fsp3) is 0.500. The zero-order valence-corrected chi connectivity index (χ0v) is 6.67. The van der Waals surface area contributed by atoms with Crippen LogP contribution in [0.2, 0.25) is 0 Å². The van der Waals surface area contributed by atoms with Crippen molar-refractivity contribution in [3.63, 3.8) is 0 Å². The Morgan fingerprint density at radius 1 is 1.00 bits per heavy atom. The third kappa shape index (κ3) is 1.90. The van der Waals surface area contributed by atoms with Crippen LogP contribution in [0, 0.1) is 0 Å². The SMILES string of the molecule is COC(=O)S(=O)(=O)C(=O)OC. The van der Waals surface area contributed by atoms with Crippen molar-refractivity contribution >= 4 is 20.4 Å². The van der Waals surface area contributed by atoms with E-state index in [4.69, 9.17) is 0 Å². The van der Waals surface area contributed by atoms with Gasteiger partial charge in [0.25, 0.3) is 0 Å². The molecule has 0 heterocycles. The van der Waals surface area contributed by atoms with Gasteiger partial charge in [-0.05, 0) is 0 Å². The third-order valence-corrected chi connectivity index (χ3v) is 1.98. The lowest BCUT2D eigenvalue weighted by molar-refractivity contribution is 0.189. The molecule has 0 aromatic rings. The Bertz CT molecular complexity index is 240. The minimum atomic E-state index is -4.56. The zero-order chi connectivity index (χ0) is 9.07. The van der Waals surface area contributed by atoms with Gasteiger partial charge in [0.2, 0.25) is 0 Å². The maximum atomic E-state index is 10.5. The average molecular weight is 182 g/mol. The second-order valence-electron chi connectivity index (χ2n) is 1.41. The predicted octanol–water partition coefficient (Wildman–Crippen LogP) is -0.0660. The standard InChI is InChI=1S/C4H6O6S/c1-9-3(5)11(7,8)4(6)10-2/h1-2H3. The lowest BCUT2D eigenvalue weighted by Gasteiger charge is -1.97. The van der Waals surface area contributed by atoms with Crippen molar-refractivity contribution in [1.29, 1.82) is 0 Å². The van der Waals surface area contributed by atoms with Crippen LogP contribution in [0.25, 0.3) is 0 Å². The minimum absolute atomic E-state index is 0.850. The predicted molar refractivity (Wildman–Crippen MR) is 33.7 cm³/mol. The number of rotatable bonds is 0. The number of methoxy groups -OCH3 is 2.